The van der Waals surface area contributed by atoms with Crippen LogP contribution < -0.4 is 0 Å². The molecule has 0 spiro atoms. The van der Waals surface area contributed by atoms with E-state index in [9.17, 15) is 5.11 Å². The van der Waals surface area contributed by atoms with Crippen LogP contribution in [0.4, 0.5) is 0 Å². The normalized spacial score (nSPS) is 15.9. The summed E-state index contributed by atoms with van der Waals surface area (Å²) in [5.41, 5.74) is 0. The lowest BCUT2D eigenvalue weighted by atomic mass is 10.2. The van der Waals surface area contributed by atoms with E-state index in [1.54, 1.807) is 0 Å². The highest BCUT2D eigenvalue weighted by Gasteiger charge is 2.37. The maximum atomic E-state index is 9.38. The van der Waals surface area contributed by atoms with Crippen molar-refractivity contribution in [2.75, 3.05) is 6.61 Å². The average molecular weight is 204 g/mol. The molecule has 0 fully saturated rings. The summed E-state index contributed by atoms with van der Waals surface area (Å²) in [6.07, 6.45) is 0.475. The predicted octanol–water partition coefficient (Wildman–Crippen LogP) is 2.78. The Morgan fingerprint density at radius 2 is 1.77 bits per heavy atom. The maximum Gasteiger partial charge on any atom is 0.192 e. The largest absolute Gasteiger partial charge is 0.414 e. The minimum Gasteiger partial charge on any atom is -0.414 e. The molecule has 2 nitrogen and oxygen atoms in total. The van der Waals surface area contributed by atoms with Crippen molar-refractivity contribution in [1.82, 2.24) is 0 Å². The zero-order chi connectivity index (χ0) is 10.7. The van der Waals surface area contributed by atoms with Crippen LogP contribution in [0.25, 0.3) is 0 Å². The zero-order valence-corrected chi connectivity index (χ0v) is 10.8. The Balaban J connectivity index is 4.04. The van der Waals surface area contributed by atoms with Gasteiger partial charge in [-0.25, -0.2) is 0 Å². The first-order valence-electron chi connectivity index (χ1n) is 5.02. The molecule has 0 saturated carbocycles. The summed E-state index contributed by atoms with van der Waals surface area (Å²) in [5.74, 6) is 0. The molecule has 0 aliphatic rings. The van der Waals surface area contributed by atoms with Crippen molar-refractivity contribution in [3.05, 3.63) is 0 Å². The second kappa shape index (κ2) is 4.58. The van der Waals surface area contributed by atoms with Gasteiger partial charge in [0, 0.05) is 0 Å². The van der Waals surface area contributed by atoms with Crippen LogP contribution in [0.1, 0.15) is 34.1 Å². The lowest BCUT2D eigenvalue weighted by Crippen LogP contribution is -2.42. The topological polar surface area (TPSA) is 29.5 Å². The number of aliphatic hydroxyl groups is 1. The molecule has 80 valence electrons. The van der Waals surface area contributed by atoms with Crippen LogP contribution in [0.5, 0.6) is 0 Å². The minimum absolute atomic E-state index is 0.237. The number of aliphatic hydroxyl groups excluding tert-OH is 1. The van der Waals surface area contributed by atoms with Gasteiger partial charge in [-0.3, -0.25) is 0 Å². The molecule has 3 heteroatoms. The molecule has 0 aromatic rings. The van der Waals surface area contributed by atoms with Gasteiger partial charge in [0.15, 0.2) is 8.32 Å². The maximum absolute atomic E-state index is 9.38. The van der Waals surface area contributed by atoms with Crippen LogP contribution in [0.15, 0.2) is 0 Å². The van der Waals surface area contributed by atoms with Gasteiger partial charge >= 0.3 is 0 Å². The quantitative estimate of drug-likeness (QED) is 0.714. The zero-order valence-electron chi connectivity index (χ0n) is 9.85. The summed E-state index contributed by atoms with van der Waals surface area (Å²) < 4.78 is 5.84. The first-order chi connectivity index (χ1) is 5.70. The fourth-order valence-electron chi connectivity index (χ4n) is 0.639. The molecule has 0 amide bonds. The molecule has 0 bridgehead atoms. The Morgan fingerprint density at radius 1 is 1.31 bits per heavy atom. The summed E-state index contributed by atoms with van der Waals surface area (Å²) in [4.78, 5) is 0. The SMILES string of the molecule is CC[C@H](O)CO[Si](C)(C)C(C)(C)C. The number of rotatable bonds is 4. The van der Waals surface area contributed by atoms with Crippen molar-refractivity contribution in [1.29, 1.82) is 0 Å². The van der Waals surface area contributed by atoms with Gasteiger partial charge in [-0.1, -0.05) is 27.7 Å². The Hall–Kier alpha value is 0.137. The van der Waals surface area contributed by atoms with E-state index in [0.717, 1.165) is 6.42 Å². The lowest BCUT2D eigenvalue weighted by Gasteiger charge is -2.36. The lowest BCUT2D eigenvalue weighted by molar-refractivity contribution is 0.0969. The molecule has 0 aromatic heterocycles. The molecule has 0 radical (unpaired) electrons. The van der Waals surface area contributed by atoms with Gasteiger partial charge in [0.2, 0.25) is 0 Å². The van der Waals surface area contributed by atoms with Gasteiger partial charge in [0.1, 0.15) is 0 Å². The van der Waals surface area contributed by atoms with Gasteiger partial charge in [0.05, 0.1) is 12.7 Å². The average Bonchev–Trinajstić information content (AvgIpc) is 1.98. The van der Waals surface area contributed by atoms with E-state index in [4.69, 9.17) is 4.43 Å². The van der Waals surface area contributed by atoms with Gasteiger partial charge in [-0.05, 0) is 24.6 Å². The minimum atomic E-state index is -1.64. The molecule has 0 aliphatic heterocycles. The molecule has 0 heterocycles. The third-order valence-electron chi connectivity index (χ3n) is 2.91. The summed E-state index contributed by atoms with van der Waals surface area (Å²) >= 11 is 0. The van der Waals surface area contributed by atoms with Crippen molar-refractivity contribution in [3.8, 4) is 0 Å². The first kappa shape index (κ1) is 13.1. The van der Waals surface area contributed by atoms with E-state index in [0.29, 0.717) is 6.61 Å². The molecule has 0 aromatic carbocycles. The van der Waals surface area contributed by atoms with Crippen molar-refractivity contribution in [2.24, 2.45) is 0 Å². The Bertz CT molecular complexity index is 149. The Labute approximate surface area is 83.4 Å². The van der Waals surface area contributed by atoms with E-state index in [-0.39, 0.29) is 11.1 Å². The van der Waals surface area contributed by atoms with Gasteiger partial charge in [0.25, 0.3) is 0 Å². The van der Waals surface area contributed by atoms with Gasteiger partial charge in [-0.15, -0.1) is 0 Å². The third-order valence-corrected chi connectivity index (χ3v) is 7.41. The fourth-order valence-corrected chi connectivity index (χ4v) is 1.68. The van der Waals surface area contributed by atoms with Gasteiger partial charge < -0.3 is 9.53 Å². The van der Waals surface area contributed by atoms with E-state index in [1.807, 2.05) is 6.92 Å². The molecular formula is C10H24O2Si. The van der Waals surface area contributed by atoms with E-state index in [2.05, 4.69) is 33.9 Å². The van der Waals surface area contributed by atoms with Crippen molar-refractivity contribution >= 4 is 8.32 Å². The van der Waals surface area contributed by atoms with Crippen LogP contribution in [0, 0.1) is 0 Å². The van der Waals surface area contributed by atoms with Crippen LogP contribution in [0.2, 0.25) is 18.1 Å². The molecule has 1 atom stereocenters. The summed E-state index contributed by atoms with van der Waals surface area (Å²) in [6, 6.07) is 0. The van der Waals surface area contributed by atoms with Crippen molar-refractivity contribution < 1.29 is 9.53 Å². The summed E-state index contributed by atoms with van der Waals surface area (Å²) in [6.45, 7) is 13.5. The third kappa shape index (κ3) is 4.25. The van der Waals surface area contributed by atoms with Crippen LogP contribution >= 0.6 is 0 Å². The van der Waals surface area contributed by atoms with Crippen LogP contribution in [-0.2, 0) is 4.43 Å². The van der Waals surface area contributed by atoms with Crippen molar-refractivity contribution in [3.63, 3.8) is 0 Å². The highest BCUT2D eigenvalue weighted by Crippen LogP contribution is 2.36. The summed E-state index contributed by atoms with van der Waals surface area (Å²) in [7, 11) is -1.64. The molecule has 1 N–H and O–H groups in total. The van der Waals surface area contributed by atoms with Gasteiger partial charge in [-0.2, -0.15) is 0 Å². The molecular weight excluding hydrogens is 180 g/mol. The van der Waals surface area contributed by atoms with Crippen molar-refractivity contribution in [2.45, 2.75) is 58.4 Å². The highest BCUT2D eigenvalue weighted by molar-refractivity contribution is 6.74. The Morgan fingerprint density at radius 3 is 2.08 bits per heavy atom. The number of hydrogen-bond donors (Lipinski definition) is 1. The highest BCUT2D eigenvalue weighted by atomic mass is 28.4. The molecule has 0 saturated heterocycles. The summed E-state index contributed by atoms with van der Waals surface area (Å²) in [5, 5.41) is 9.62. The smallest absolute Gasteiger partial charge is 0.192 e. The van der Waals surface area contributed by atoms with Crippen LogP contribution in [0.3, 0.4) is 0 Å². The molecule has 13 heavy (non-hydrogen) atoms. The second-order valence-corrected chi connectivity index (χ2v) is 9.94. The van der Waals surface area contributed by atoms with Crippen LogP contribution in [-0.4, -0.2) is 26.1 Å². The number of hydrogen-bond acceptors (Lipinski definition) is 2. The Kier molecular flexibility index (Phi) is 4.62. The molecule has 0 aliphatic carbocycles. The standard InChI is InChI=1S/C10H24O2Si/c1-7-9(11)8-12-13(5,6)10(2,3)4/h9,11H,7-8H2,1-6H3/t9-/m0/s1. The molecule has 0 rings (SSSR count). The van der Waals surface area contributed by atoms with E-state index >= 15 is 0 Å². The second-order valence-electron chi connectivity index (χ2n) is 5.13. The first-order valence-corrected chi connectivity index (χ1v) is 7.93. The van der Waals surface area contributed by atoms with E-state index in [1.165, 1.54) is 0 Å². The molecule has 0 unspecified atom stereocenters. The predicted molar refractivity (Wildman–Crippen MR) is 59.4 cm³/mol. The van der Waals surface area contributed by atoms with E-state index < -0.39 is 8.32 Å². The fraction of sp³-hybridized carbons (Fsp3) is 1.00. The monoisotopic (exact) mass is 204 g/mol.